The van der Waals surface area contributed by atoms with Gasteiger partial charge < -0.3 is 5.73 Å². The van der Waals surface area contributed by atoms with Crippen LogP contribution in [0.3, 0.4) is 0 Å². The zero-order valence-corrected chi connectivity index (χ0v) is 18.6. The van der Waals surface area contributed by atoms with Crippen molar-refractivity contribution in [2.24, 2.45) is 15.7 Å². The third-order valence-corrected chi connectivity index (χ3v) is 5.67. The number of aromatic nitrogens is 1. The summed E-state index contributed by atoms with van der Waals surface area (Å²) in [5.41, 5.74) is 11.8. The third kappa shape index (κ3) is 4.79. The van der Waals surface area contributed by atoms with Gasteiger partial charge in [-0.2, -0.15) is 0 Å². The van der Waals surface area contributed by atoms with Gasteiger partial charge >= 0.3 is 0 Å². The Bertz CT molecular complexity index is 1000. The van der Waals surface area contributed by atoms with Crippen molar-refractivity contribution in [2.45, 2.75) is 71.9 Å². The van der Waals surface area contributed by atoms with E-state index in [1.807, 2.05) is 20.0 Å². The van der Waals surface area contributed by atoms with Gasteiger partial charge in [-0.25, -0.2) is 4.99 Å². The summed E-state index contributed by atoms with van der Waals surface area (Å²) in [6.07, 6.45) is 10.6. The molecule has 30 heavy (non-hydrogen) atoms. The van der Waals surface area contributed by atoms with E-state index in [4.69, 9.17) is 15.7 Å². The summed E-state index contributed by atoms with van der Waals surface area (Å²) in [5, 5.41) is 0. The van der Waals surface area contributed by atoms with Crippen molar-refractivity contribution in [3.63, 3.8) is 0 Å². The molecule has 0 spiro atoms. The number of hydrogen-bond donors (Lipinski definition) is 1. The van der Waals surface area contributed by atoms with Crippen LogP contribution in [0.2, 0.25) is 0 Å². The number of hydrogen-bond acceptors (Lipinski definition) is 4. The lowest BCUT2D eigenvalue weighted by Gasteiger charge is -2.26. The molecule has 1 aliphatic heterocycles. The number of amidine groups is 1. The van der Waals surface area contributed by atoms with Crippen LogP contribution in [-0.4, -0.2) is 16.5 Å². The smallest absolute Gasteiger partial charge is 0.178 e. The summed E-state index contributed by atoms with van der Waals surface area (Å²) < 4.78 is 0. The van der Waals surface area contributed by atoms with Gasteiger partial charge in [0, 0.05) is 29.1 Å². The van der Waals surface area contributed by atoms with E-state index in [2.05, 4.69) is 54.9 Å². The minimum Gasteiger partial charge on any atom is -0.382 e. The summed E-state index contributed by atoms with van der Waals surface area (Å²) in [7, 11) is 0. The lowest BCUT2D eigenvalue weighted by atomic mass is 9.88. The van der Waals surface area contributed by atoms with Gasteiger partial charge in [0.05, 0.1) is 5.71 Å². The maximum Gasteiger partial charge on any atom is 0.178 e. The van der Waals surface area contributed by atoms with E-state index in [9.17, 15) is 0 Å². The van der Waals surface area contributed by atoms with E-state index in [1.165, 1.54) is 31.2 Å². The highest BCUT2D eigenvalue weighted by atomic mass is 15.2. The normalized spacial score (nSPS) is 17.9. The lowest BCUT2D eigenvalue weighted by Crippen LogP contribution is -2.22. The van der Waals surface area contributed by atoms with Gasteiger partial charge in [0.15, 0.2) is 5.66 Å². The molecule has 4 heteroatoms. The Balaban J connectivity index is 1.99. The first-order valence-electron chi connectivity index (χ1n) is 10.9. The van der Waals surface area contributed by atoms with Crippen molar-refractivity contribution in [2.75, 3.05) is 0 Å². The first-order chi connectivity index (χ1) is 14.5. The Morgan fingerprint density at radius 2 is 1.77 bits per heavy atom. The van der Waals surface area contributed by atoms with E-state index >= 15 is 0 Å². The topological polar surface area (TPSA) is 63.6 Å². The molecule has 2 N–H and O–H groups in total. The second-order valence-electron chi connectivity index (χ2n) is 8.04. The minimum atomic E-state index is -0.616. The molecular formula is C26H32N4. The van der Waals surface area contributed by atoms with Gasteiger partial charge in [0.2, 0.25) is 0 Å². The van der Waals surface area contributed by atoms with Crippen LogP contribution in [0, 0.1) is 18.8 Å². The number of pyridine rings is 1. The Kier molecular flexibility index (Phi) is 7.05. The van der Waals surface area contributed by atoms with E-state index in [0.29, 0.717) is 5.84 Å². The molecule has 0 aliphatic carbocycles. The first kappa shape index (κ1) is 21.8. The summed E-state index contributed by atoms with van der Waals surface area (Å²) >= 11 is 0. The van der Waals surface area contributed by atoms with Gasteiger partial charge in [-0.05, 0) is 56.9 Å². The van der Waals surface area contributed by atoms with Gasteiger partial charge in [0.25, 0.3) is 0 Å². The number of rotatable bonds is 8. The molecule has 1 unspecified atom stereocenters. The summed E-state index contributed by atoms with van der Waals surface area (Å²) in [5.74, 6) is 6.58. The second-order valence-corrected chi connectivity index (χ2v) is 8.04. The van der Waals surface area contributed by atoms with E-state index < -0.39 is 5.66 Å². The van der Waals surface area contributed by atoms with Gasteiger partial charge in [-0.3, -0.25) is 9.98 Å². The van der Waals surface area contributed by atoms with Crippen molar-refractivity contribution < 1.29 is 0 Å². The highest BCUT2D eigenvalue weighted by Crippen LogP contribution is 2.40. The highest BCUT2D eigenvalue weighted by Gasteiger charge is 2.37. The summed E-state index contributed by atoms with van der Waals surface area (Å²) in [6.45, 7) is 8.16. The monoisotopic (exact) mass is 400 g/mol. The van der Waals surface area contributed by atoms with Crippen molar-refractivity contribution in [1.82, 2.24) is 4.98 Å². The Hall–Kier alpha value is -2.93. The molecule has 1 atom stereocenters. The third-order valence-electron chi connectivity index (χ3n) is 5.67. The average molecular weight is 401 g/mol. The molecule has 2 heterocycles. The average Bonchev–Trinajstić information content (AvgIpc) is 3.03. The van der Waals surface area contributed by atoms with E-state index in [-0.39, 0.29) is 0 Å². The number of aliphatic imine (C=N–C) groups is 2. The zero-order valence-electron chi connectivity index (χ0n) is 18.6. The predicted octanol–water partition coefficient (Wildman–Crippen LogP) is 5.77. The molecule has 1 aliphatic rings. The molecule has 0 fully saturated rings. The van der Waals surface area contributed by atoms with Gasteiger partial charge in [0.1, 0.15) is 5.84 Å². The van der Waals surface area contributed by atoms with Crippen molar-refractivity contribution in [1.29, 1.82) is 0 Å². The molecule has 1 aromatic carbocycles. The molecule has 3 rings (SSSR count). The SMILES string of the molecule is CC#Cc1cncc(-c2ccc(C)c(C3(CCCCCCC)N=C(C)C(N)=N3)c2)c1. The number of benzene rings is 1. The van der Waals surface area contributed by atoms with Crippen molar-refractivity contribution >= 4 is 11.5 Å². The number of unbranched alkanes of at least 4 members (excludes halogenated alkanes) is 4. The molecule has 0 amide bonds. The Morgan fingerprint density at radius 1 is 0.967 bits per heavy atom. The van der Waals surface area contributed by atoms with Crippen LogP contribution in [0.4, 0.5) is 0 Å². The van der Waals surface area contributed by atoms with Crippen LogP contribution in [0.15, 0.2) is 46.6 Å². The van der Waals surface area contributed by atoms with Crippen LogP contribution in [0.25, 0.3) is 11.1 Å². The van der Waals surface area contributed by atoms with Crippen LogP contribution in [0.5, 0.6) is 0 Å². The largest absolute Gasteiger partial charge is 0.382 e. The van der Waals surface area contributed by atoms with Gasteiger partial charge in [-0.15, -0.1) is 5.92 Å². The Labute approximate surface area is 180 Å². The fourth-order valence-electron chi connectivity index (χ4n) is 4.03. The van der Waals surface area contributed by atoms with Crippen LogP contribution < -0.4 is 5.73 Å². The number of nitrogens with zero attached hydrogens (tertiary/aromatic N) is 3. The van der Waals surface area contributed by atoms with Crippen LogP contribution >= 0.6 is 0 Å². The number of nitrogens with two attached hydrogens (primary N) is 1. The fraction of sp³-hybridized carbons (Fsp3) is 0.423. The highest BCUT2D eigenvalue weighted by molar-refractivity contribution is 6.41. The summed E-state index contributed by atoms with van der Waals surface area (Å²) in [4.78, 5) is 14.2. The minimum absolute atomic E-state index is 0.551. The molecule has 0 bridgehead atoms. The molecule has 2 aromatic rings. The maximum absolute atomic E-state index is 6.19. The molecule has 0 radical (unpaired) electrons. The van der Waals surface area contributed by atoms with Crippen molar-refractivity contribution in [3.05, 3.63) is 53.3 Å². The quantitative estimate of drug-likeness (QED) is 0.451. The molecule has 1 aromatic heterocycles. The molecule has 0 saturated carbocycles. The van der Waals surface area contributed by atoms with E-state index in [1.54, 1.807) is 6.20 Å². The molecular weight excluding hydrogens is 368 g/mol. The second kappa shape index (κ2) is 9.71. The van der Waals surface area contributed by atoms with Gasteiger partial charge in [-0.1, -0.05) is 50.7 Å². The molecule has 4 nitrogen and oxygen atoms in total. The van der Waals surface area contributed by atoms with Crippen LogP contribution in [0.1, 0.15) is 76.0 Å². The fourth-order valence-corrected chi connectivity index (χ4v) is 4.03. The summed E-state index contributed by atoms with van der Waals surface area (Å²) in [6, 6.07) is 8.57. The van der Waals surface area contributed by atoms with E-state index in [0.717, 1.165) is 40.8 Å². The maximum atomic E-state index is 6.19. The molecule has 0 saturated heterocycles. The zero-order chi connectivity index (χ0) is 21.6. The lowest BCUT2D eigenvalue weighted by molar-refractivity contribution is 0.412. The Morgan fingerprint density at radius 3 is 2.47 bits per heavy atom. The van der Waals surface area contributed by atoms with Crippen LogP contribution in [-0.2, 0) is 5.66 Å². The standard InChI is InChI=1S/C26H32N4/c1-5-7-8-9-10-14-26(29-20(4)25(27)30-26)24-16-22(13-12-19(24)3)23-15-21(11-6-2)17-28-18-23/h12-13,15-18H,5,7-10,14H2,1-4H3,(H2,27,30). The predicted molar refractivity (Wildman–Crippen MR) is 127 cm³/mol. The van der Waals surface area contributed by atoms with Crippen molar-refractivity contribution in [3.8, 4) is 23.0 Å². The number of aryl methyl sites for hydroxylation is 1. The molecule has 156 valence electrons. The first-order valence-corrected chi connectivity index (χ1v) is 10.9.